The Kier molecular flexibility index (Phi) is 2.99. The Morgan fingerprint density at radius 2 is 2.06 bits per heavy atom. The summed E-state index contributed by atoms with van der Waals surface area (Å²) >= 11 is 1.72. The molecule has 0 bridgehead atoms. The number of ether oxygens (including phenoxy) is 1. The number of pyridine rings is 1. The van der Waals surface area contributed by atoms with E-state index in [-0.39, 0.29) is 6.10 Å². The van der Waals surface area contributed by atoms with Crippen molar-refractivity contribution in [2.24, 2.45) is 5.73 Å². The molecule has 1 fully saturated rings. The van der Waals surface area contributed by atoms with Crippen LogP contribution < -0.4 is 10.5 Å². The number of fused-ring (bicyclic) bond motifs is 1. The first kappa shape index (κ1) is 11.0. The van der Waals surface area contributed by atoms with Gasteiger partial charge in [0.1, 0.15) is 6.10 Å². The molecular formula is C13H16N2OS. The van der Waals surface area contributed by atoms with Crippen molar-refractivity contribution in [3.05, 3.63) is 23.7 Å². The average Bonchev–Trinajstić information content (AvgIpc) is 2.81. The third kappa shape index (κ3) is 2.28. The van der Waals surface area contributed by atoms with Crippen molar-refractivity contribution in [1.82, 2.24) is 4.98 Å². The molecule has 0 amide bonds. The van der Waals surface area contributed by atoms with E-state index in [1.807, 2.05) is 12.3 Å². The predicted octanol–water partition coefficient (Wildman–Crippen LogP) is 2.95. The van der Waals surface area contributed by atoms with Crippen LogP contribution in [0.3, 0.4) is 0 Å². The molecule has 2 N–H and O–H groups in total. The van der Waals surface area contributed by atoms with Crippen LogP contribution in [0.1, 0.15) is 25.7 Å². The van der Waals surface area contributed by atoms with Crippen LogP contribution in [0, 0.1) is 0 Å². The Hall–Kier alpha value is -1.13. The van der Waals surface area contributed by atoms with E-state index >= 15 is 0 Å². The topological polar surface area (TPSA) is 48.1 Å². The molecule has 0 atom stereocenters. The summed E-state index contributed by atoms with van der Waals surface area (Å²) in [6.07, 6.45) is 6.32. The van der Waals surface area contributed by atoms with E-state index < -0.39 is 0 Å². The van der Waals surface area contributed by atoms with E-state index in [1.165, 1.54) is 4.70 Å². The Bertz CT molecular complexity index is 503. The zero-order valence-corrected chi connectivity index (χ0v) is 10.5. The molecule has 0 unspecified atom stereocenters. The minimum atomic E-state index is 0.285. The maximum atomic E-state index is 6.02. The third-order valence-corrected chi connectivity index (χ3v) is 4.22. The molecule has 1 aliphatic carbocycles. The number of nitrogens with two attached hydrogens (primary N) is 1. The summed E-state index contributed by atoms with van der Waals surface area (Å²) in [5.41, 5.74) is 5.89. The van der Waals surface area contributed by atoms with Crippen molar-refractivity contribution < 1.29 is 4.74 Å². The lowest BCUT2D eigenvalue weighted by Crippen LogP contribution is -2.31. The molecule has 1 aliphatic rings. The molecule has 2 aromatic rings. The Labute approximate surface area is 105 Å². The van der Waals surface area contributed by atoms with Gasteiger partial charge in [0, 0.05) is 16.9 Å². The highest BCUT2D eigenvalue weighted by atomic mass is 32.1. The van der Waals surface area contributed by atoms with Crippen LogP contribution in [0.4, 0.5) is 0 Å². The Morgan fingerprint density at radius 1 is 1.24 bits per heavy atom. The van der Waals surface area contributed by atoms with E-state index in [1.54, 1.807) is 11.3 Å². The van der Waals surface area contributed by atoms with Gasteiger partial charge in [0.2, 0.25) is 5.88 Å². The maximum absolute atomic E-state index is 6.02. The first-order valence-corrected chi connectivity index (χ1v) is 6.95. The van der Waals surface area contributed by atoms with Gasteiger partial charge in [-0.2, -0.15) is 0 Å². The van der Waals surface area contributed by atoms with Crippen molar-refractivity contribution in [3.8, 4) is 5.88 Å². The van der Waals surface area contributed by atoms with Crippen LogP contribution in [0.2, 0.25) is 0 Å². The molecule has 3 nitrogen and oxygen atoms in total. The van der Waals surface area contributed by atoms with Gasteiger partial charge in [0.25, 0.3) is 0 Å². The van der Waals surface area contributed by atoms with Crippen molar-refractivity contribution in [1.29, 1.82) is 0 Å². The number of hydrogen-bond acceptors (Lipinski definition) is 4. The number of rotatable bonds is 2. The van der Waals surface area contributed by atoms with Crippen LogP contribution in [0.5, 0.6) is 5.88 Å². The molecule has 17 heavy (non-hydrogen) atoms. The molecule has 90 valence electrons. The van der Waals surface area contributed by atoms with Crippen molar-refractivity contribution in [3.63, 3.8) is 0 Å². The lowest BCUT2D eigenvalue weighted by Gasteiger charge is -2.26. The first-order valence-electron chi connectivity index (χ1n) is 6.07. The van der Waals surface area contributed by atoms with Gasteiger partial charge in [-0.3, -0.25) is 0 Å². The van der Waals surface area contributed by atoms with Crippen LogP contribution >= 0.6 is 11.3 Å². The van der Waals surface area contributed by atoms with Gasteiger partial charge >= 0.3 is 0 Å². The lowest BCUT2D eigenvalue weighted by molar-refractivity contribution is 0.143. The van der Waals surface area contributed by atoms with Crippen LogP contribution in [-0.4, -0.2) is 17.1 Å². The van der Waals surface area contributed by atoms with Crippen LogP contribution in [0.25, 0.3) is 10.1 Å². The second kappa shape index (κ2) is 4.63. The molecule has 0 radical (unpaired) electrons. The summed E-state index contributed by atoms with van der Waals surface area (Å²) in [6, 6.07) is 4.47. The smallest absolute Gasteiger partial charge is 0.222 e. The van der Waals surface area contributed by atoms with Gasteiger partial charge in [0.05, 0.1) is 5.39 Å². The fourth-order valence-corrected chi connectivity index (χ4v) is 3.10. The van der Waals surface area contributed by atoms with E-state index in [9.17, 15) is 0 Å². The molecule has 0 aromatic carbocycles. The maximum Gasteiger partial charge on any atom is 0.222 e. The minimum Gasteiger partial charge on any atom is -0.474 e. The van der Waals surface area contributed by atoms with E-state index in [2.05, 4.69) is 16.4 Å². The highest BCUT2D eigenvalue weighted by Crippen LogP contribution is 2.30. The van der Waals surface area contributed by atoms with Gasteiger partial charge < -0.3 is 10.5 Å². The van der Waals surface area contributed by atoms with E-state index in [4.69, 9.17) is 10.5 Å². The predicted molar refractivity (Wildman–Crippen MR) is 70.5 cm³/mol. The molecule has 0 spiro atoms. The summed E-state index contributed by atoms with van der Waals surface area (Å²) in [7, 11) is 0. The summed E-state index contributed by atoms with van der Waals surface area (Å²) in [5.74, 6) is 0.782. The highest BCUT2D eigenvalue weighted by Gasteiger charge is 2.20. The molecule has 2 heterocycles. The summed E-state index contributed by atoms with van der Waals surface area (Å²) in [5, 5.41) is 3.21. The van der Waals surface area contributed by atoms with Gasteiger partial charge in [-0.05, 0) is 43.2 Å². The fraction of sp³-hybridized carbons (Fsp3) is 0.462. The molecular weight excluding hydrogens is 232 g/mol. The minimum absolute atomic E-state index is 0.285. The molecule has 3 rings (SSSR count). The number of thiophene rings is 1. The lowest BCUT2D eigenvalue weighted by atomic mass is 9.94. The third-order valence-electron chi connectivity index (χ3n) is 3.34. The fourth-order valence-electron chi connectivity index (χ4n) is 2.33. The van der Waals surface area contributed by atoms with Gasteiger partial charge in [0.15, 0.2) is 0 Å². The number of hydrogen-bond donors (Lipinski definition) is 1. The second-order valence-corrected chi connectivity index (χ2v) is 5.55. The standard InChI is InChI=1S/C13H16N2OS/c14-9-1-3-10(4-2-9)16-13-11-6-8-17-12(11)5-7-15-13/h5-10H,1-4,14H2. The Balaban J connectivity index is 1.78. The molecule has 0 aliphatic heterocycles. The normalized spacial score (nSPS) is 25.0. The first-order chi connectivity index (χ1) is 8.33. The quantitative estimate of drug-likeness (QED) is 0.889. The molecule has 0 saturated heterocycles. The van der Waals surface area contributed by atoms with Crippen LogP contribution in [0.15, 0.2) is 23.7 Å². The number of aromatic nitrogens is 1. The number of nitrogens with zero attached hydrogens (tertiary/aromatic N) is 1. The van der Waals surface area contributed by atoms with Crippen molar-refractivity contribution in [2.75, 3.05) is 0 Å². The second-order valence-electron chi connectivity index (χ2n) is 4.60. The SMILES string of the molecule is NC1CCC(Oc2nccc3sccc23)CC1. The summed E-state index contributed by atoms with van der Waals surface area (Å²) in [6.45, 7) is 0. The largest absolute Gasteiger partial charge is 0.474 e. The zero-order chi connectivity index (χ0) is 11.7. The molecule has 4 heteroatoms. The van der Waals surface area contributed by atoms with Crippen LogP contribution in [-0.2, 0) is 0 Å². The summed E-state index contributed by atoms with van der Waals surface area (Å²) < 4.78 is 7.25. The van der Waals surface area contributed by atoms with Gasteiger partial charge in [-0.15, -0.1) is 11.3 Å². The van der Waals surface area contributed by atoms with E-state index in [0.717, 1.165) is 36.9 Å². The van der Waals surface area contributed by atoms with Crippen molar-refractivity contribution in [2.45, 2.75) is 37.8 Å². The highest BCUT2D eigenvalue weighted by molar-refractivity contribution is 7.17. The van der Waals surface area contributed by atoms with Crippen molar-refractivity contribution >= 4 is 21.4 Å². The zero-order valence-electron chi connectivity index (χ0n) is 9.63. The average molecular weight is 248 g/mol. The van der Waals surface area contributed by atoms with E-state index in [0.29, 0.717) is 6.04 Å². The molecule has 2 aromatic heterocycles. The monoisotopic (exact) mass is 248 g/mol. The van der Waals surface area contributed by atoms with Gasteiger partial charge in [-0.1, -0.05) is 0 Å². The summed E-state index contributed by atoms with van der Waals surface area (Å²) in [4.78, 5) is 4.35. The molecule has 1 saturated carbocycles. The van der Waals surface area contributed by atoms with Gasteiger partial charge in [-0.25, -0.2) is 4.98 Å². The Morgan fingerprint density at radius 3 is 2.88 bits per heavy atom.